The second-order valence-electron chi connectivity index (χ2n) is 5.92. The Morgan fingerprint density at radius 1 is 1.10 bits per heavy atom. The normalized spacial score (nSPS) is 10.8. The average molecular weight is 436 g/mol. The third-order valence-corrected chi connectivity index (χ3v) is 5.07. The summed E-state index contributed by atoms with van der Waals surface area (Å²) in [5.74, 6) is -3.03. The fourth-order valence-electron chi connectivity index (χ4n) is 2.66. The van der Waals surface area contributed by atoms with Gasteiger partial charge in [0.15, 0.2) is 11.6 Å². The van der Waals surface area contributed by atoms with Crippen molar-refractivity contribution in [3.8, 4) is 22.8 Å². The standard InChI is InChI=1S/C20H18F2N2O5S/c1-26-12-5-3-11(4-6-12)19-15(9-29-27-2)30-16(24-19)10-28-14-8-7-13(21)17(18(14)22)20(23)25/h3-8H,9-10H2,1-2H3,(H2,23,25). The number of amides is 1. The van der Waals surface area contributed by atoms with Crippen molar-refractivity contribution >= 4 is 17.2 Å². The molecule has 158 valence electrons. The van der Waals surface area contributed by atoms with Gasteiger partial charge in [0.25, 0.3) is 5.91 Å². The maximum absolute atomic E-state index is 14.3. The zero-order valence-corrected chi connectivity index (χ0v) is 16.9. The van der Waals surface area contributed by atoms with E-state index in [0.29, 0.717) is 16.5 Å². The summed E-state index contributed by atoms with van der Waals surface area (Å²) in [6.07, 6.45) is 0. The van der Waals surface area contributed by atoms with E-state index in [1.807, 2.05) is 12.1 Å². The summed E-state index contributed by atoms with van der Waals surface area (Å²) in [5, 5.41) is 0.514. The number of hydrogen-bond donors (Lipinski definition) is 1. The van der Waals surface area contributed by atoms with E-state index in [1.165, 1.54) is 18.4 Å². The molecule has 0 atom stereocenters. The van der Waals surface area contributed by atoms with Crippen LogP contribution in [0.2, 0.25) is 0 Å². The minimum atomic E-state index is -1.22. The molecular weight excluding hydrogens is 418 g/mol. The van der Waals surface area contributed by atoms with Gasteiger partial charge in [-0.25, -0.2) is 23.5 Å². The number of hydrogen-bond acceptors (Lipinski definition) is 7. The molecule has 10 heteroatoms. The highest BCUT2D eigenvalue weighted by molar-refractivity contribution is 7.12. The Hall–Kier alpha value is -3.08. The second kappa shape index (κ2) is 9.61. The largest absolute Gasteiger partial charge is 0.497 e. The fraction of sp³-hybridized carbons (Fsp3) is 0.200. The summed E-state index contributed by atoms with van der Waals surface area (Å²) < 4.78 is 38.5. The first-order valence-electron chi connectivity index (χ1n) is 8.63. The van der Waals surface area contributed by atoms with Gasteiger partial charge < -0.3 is 15.2 Å². The molecule has 3 rings (SSSR count). The Kier molecular flexibility index (Phi) is 6.93. The van der Waals surface area contributed by atoms with E-state index in [4.69, 9.17) is 20.1 Å². The summed E-state index contributed by atoms with van der Waals surface area (Å²) in [6, 6.07) is 9.28. The number of nitrogens with zero attached hydrogens (tertiary/aromatic N) is 1. The summed E-state index contributed by atoms with van der Waals surface area (Å²) in [7, 11) is 2.97. The first kappa shape index (κ1) is 21.6. The number of halogens is 2. The van der Waals surface area contributed by atoms with Crippen LogP contribution in [0.4, 0.5) is 8.78 Å². The van der Waals surface area contributed by atoms with Crippen molar-refractivity contribution < 1.29 is 32.8 Å². The third-order valence-electron chi connectivity index (χ3n) is 4.07. The van der Waals surface area contributed by atoms with Crippen molar-refractivity contribution in [2.45, 2.75) is 13.2 Å². The predicted molar refractivity (Wildman–Crippen MR) is 105 cm³/mol. The molecule has 0 aliphatic carbocycles. The van der Waals surface area contributed by atoms with Crippen LogP contribution in [0.25, 0.3) is 11.3 Å². The van der Waals surface area contributed by atoms with Gasteiger partial charge in [0.1, 0.15) is 35.4 Å². The highest BCUT2D eigenvalue weighted by Gasteiger charge is 2.20. The third kappa shape index (κ3) is 4.73. The summed E-state index contributed by atoms with van der Waals surface area (Å²) in [4.78, 5) is 26.3. The van der Waals surface area contributed by atoms with Crippen molar-refractivity contribution in [1.29, 1.82) is 0 Å². The van der Waals surface area contributed by atoms with Crippen LogP contribution in [0.1, 0.15) is 20.2 Å². The van der Waals surface area contributed by atoms with Crippen molar-refractivity contribution in [2.75, 3.05) is 14.2 Å². The second-order valence-corrected chi connectivity index (χ2v) is 7.09. The Labute approximate surface area is 174 Å². The molecule has 0 spiro atoms. The number of ether oxygens (including phenoxy) is 2. The quantitative estimate of drug-likeness (QED) is 0.405. The van der Waals surface area contributed by atoms with Gasteiger partial charge in [-0.15, -0.1) is 11.3 Å². The van der Waals surface area contributed by atoms with Crippen LogP contribution in [0.15, 0.2) is 36.4 Å². The minimum absolute atomic E-state index is 0.110. The van der Waals surface area contributed by atoms with Crippen LogP contribution in [-0.2, 0) is 23.0 Å². The van der Waals surface area contributed by atoms with E-state index in [9.17, 15) is 13.6 Å². The maximum Gasteiger partial charge on any atom is 0.254 e. The highest BCUT2D eigenvalue weighted by atomic mass is 32.1. The van der Waals surface area contributed by atoms with Gasteiger partial charge in [-0.3, -0.25) is 4.79 Å². The molecule has 1 aromatic heterocycles. The number of rotatable bonds is 9. The van der Waals surface area contributed by atoms with Gasteiger partial charge in [-0.2, -0.15) is 0 Å². The number of aromatic nitrogens is 1. The molecule has 1 heterocycles. The zero-order chi connectivity index (χ0) is 21.7. The smallest absolute Gasteiger partial charge is 0.254 e. The van der Waals surface area contributed by atoms with Crippen LogP contribution in [0.5, 0.6) is 11.5 Å². The zero-order valence-electron chi connectivity index (χ0n) is 16.1. The number of thiazole rings is 1. The molecule has 0 radical (unpaired) electrons. The van der Waals surface area contributed by atoms with Crippen molar-refractivity contribution in [2.24, 2.45) is 5.73 Å². The van der Waals surface area contributed by atoms with Gasteiger partial charge in [-0.1, -0.05) is 0 Å². The number of carbonyl (C=O) groups is 1. The SMILES string of the molecule is COOCc1sc(COc2ccc(F)c(C(N)=O)c2F)nc1-c1ccc(OC)cc1. The van der Waals surface area contributed by atoms with Gasteiger partial charge in [-0.05, 0) is 36.4 Å². The van der Waals surface area contributed by atoms with Crippen LogP contribution in [0, 0.1) is 11.6 Å². The average Bonchev–Trinajstić information content (AvgIpc) is 3.14. The molecule has 2 N–H and O–H groups in total. The first-order chi connectivity index (χ1) is 14.4. The van der Waals surface area contributed by atoms with E-state index in [1.54, 1.807) is 19.2 Å². The molecule has 0 bridgehead atoms. The van der Waals surface area contributed by atoms with E-state index >= 15 is 0 Å². The lowest BCUT2D eigenvalue weighted by Gasteiger charge is -2.08. The van der Waals surface area contributed by atoms with E-state index in [-0.39, 0.29) is 19.0 Å². The molecule has 0 fully saturated rings. The topological polar surface area (TPSA) is 92.9 Å². The summed E-state index contributed by atoms with van der Waals surface area (Å²) in [6.45, 7) is 0.0355. The van der Waals surface area contributed by atoms with Crippen LogP contribution in [-0.4, -0.2) is 25.1 Å². The fourth-order valence-corrected chi connectivity index (χ4v) is 3.56. The lowest BCUT2D eigenvalue weighted by Crippen LogP contribution is -2.16. The molecule has 0 saturated carbocycles. The van der Waals surface area contributed by atoms with Gasteiger partial charge >= 0.3 is 0 Å². The van der Waals surface area contributed by atoms with Gasteiger partial charge in [0, 0.05) is 5.56 Å². The van der Waals surface area contributed by atoms with Crippen LogP contribution < -0.4 is 15.2 Å². The lowest BCUT2D eigenvalue weighted by atomic mass is 10.1. The number of methoxy groups -OCH3 is 1. The highest BCUT2D eigenvalue weighted by Crippen LogP contribution is 2.31. The predicted octanol–water partition coefficient (Wildman–Crippen LogP) is 3.85. The molecule has 0 unspecified atom stereocenters. The molecular formula is C20H18F2N2O5S. The molecule has 0 aliphatic heterocycles. The molecule has 3 aromatic rings. The van der Waals surface area contributed by atoms with Crippen molar-refractivity contribution in [1.82, 2.24) is 4.98 Å². The van der Waals surface area contributed by atoms with Gasteiger partial charge in [0.2, 0.25) is 0 Å². The Morgan fingerprint density at radius 2 is 1.83 bits per heavy atom. The van der Waals surface area contributed by atoms with Crippen LogP contribution in [0.3, 0.4) is 0 Å². The van der Waals surface area contributed by atoms with Gasteiger partial charge in [0.05, 0.1) is 24.8 Å². The summed E-state index contributed by atoms with van der Waals surface area (Å²) in [5.41, 5.74) is 5.64. The van der Waals surface area contributed by atoms with E-state index < -0.39 is 23.1 Å². The molecule has 0 saturated heterocycles. The Bertz CT molecular complexity index is 1040. The van der Waals surface area contributed by atoms with E-state index in [2.05, 4.69) is 9.87 Å². The number of carbonyl (C=O) groups excluding carboxylic acids is 1. The molecule has 7 nitrogen and oxygen atoms in total. The number of nitrogens with two attached hydrogens (primary N) is 1. The van der Waals surface area contributed by atoms with Crippen LogP contribution >= 0.6 is 11.3 Å². The Morgan fingerprint density at radius 3 is 2.47 bits per heavy atom. The number of primary amides is 1. The Balaban J connectivity index is 1.85. The van der Waals surface area contributed by atoms with E-state index in [0.717, 1.165) is 22.6 Å². The van der Waals surface area contributed by atoms with Crippen molar-refractivity contribution in [3.63, 3.8) is 0 Å². The minimum Gasteiger partial charge on any atom is -0.497 e. The number of benzene rings is 2. The molecule has 1 amide bonds. The molecule has 30 heavy (non-hydrogen) atoms. The summed E-state index contributed by atoms with van der Waals surface area (Å²) >= 11 is 1.28. The maximum atomic E-state index is 14.3. The molecule has 0 aliphatic rings. The lowest BCUT2D eigenvalue weighted by molar-refractivity contribution is -0.281. The monoisotopic (exact) mass is 436 g/mol. The van der Waals surface area contributed by atoms with Crippen molar-refractivity contribution in [3.05, 3.63) is 63.5 Å². The first-order valence-corrected chi connectivity index (χ1v) is 9.45. The molecule has 2 aromatic carbocycles.